The smallest absolute Gasteiger partial charge is 0.409 e. The maximum Gasteiger partial charge on any atom is 0.409 e. The molecular weight excluding hydrogens is 170 g/mol. The molecule has 0 saturated heterocycles. The van der Waals surface area contributed by atoms with Gasteiger partial charge in [0.05, 0.1) is 13.2 Å². The van der Waals surface area contributed by atoms with Crippen LogP contribution in [0.15, 0.2) is 0 Å². The van der Waals surface area contributed by atoms with Gasteiger partial charge in [-0.05, 0) is 25.7 Å². The number of rotatable bonds is 3. The van der Waals surface area contributed by atoms with Crippen molar-refractivity contribution in [1.82, 2.24) is 4.90 Å². The van der Waals surface area contributed by atoms with Crippen molar-refractivity contribution in [2.24, 2.45) is 5.92 Å². The molecule has 1 amide bonds. The van der Waals surface area contributed by atoms with E-state index >= 15 is 0 Å². The molecule has 74 valence electrons. The summed E-state index contributed by atoms with van der Waals surface area (Å²) in [5, 5.41) is 0. The molecule has 4 heteroatoms. The second kappa shape index (κ2) is 3.77. The number of carbonyl (C=O) groups is 2. The van der Waals surface area contributed by atoms with E-state index in [-0.39, 0.29) is 11.8 Å². The number of likely N-dealkylation sites (N-methyl/N-ethyl adjacent to an activating group) is 1. The van der Waals surface area contributed by atoms with Gasteiger partial charge in [-0.15, -0.1) is 0 Å². The van der Waals surface area contributed by atoms with Crippen LogP contribution in [0, 0.1) is 5.92 Å². The van der Waals surface area contributed by atoms with Crippen molar-refractivity contribution in [3.8, 4) is 0 Å². The van der Waals surface area contributed by atoms with Crippen molar-refractivity contribution in [1.29, 1.82) is 0 Å². The van der Waals surface area contributed by atoms with Crippen LogP contribution in [0.1, 0.15) is 19.8 Å². The lowest BCUT2D eigenvalue weighted by Gasteiger charge is -2.24. The number of hydrogen-bond acceptors (Lipinski definition) is 3. The molecule has 1 aliphatic carbocycles. The zero-order valence-corrected chi connectivity index (χ0v) is 8.24. The van der Waals surface area contributed by atoms with E-state index in [1.54, 1.807) is 7.05 Å². The highest BCUT2D eigenvalue weighted by Crippen LogP contribution is 2.35. The molecule has 0 N–H and O–H groups in total. The number of nitrogens with zero attached hydrogens (tertiary/aromatic N) is 1. The number of amides is 1. The topological polar surface area (TPSA) is 46.6 Å². The van der Waals surface area contributed by atoms with Gasteiger partial charge in [0.1, 0.15) is 0 Å². The first-order valence-electron chi connectivity index (χ1n) is 4.39. The Morgan fingerprint density at radius 2 is 2.00 bits per heavy atom. The van der Waals surface area contributed by atoms with Crippen molar-refractivity contribution in [2.75, 3.05) is 14.2 Å². The zero-order valence-electron chi connectivity index (χ0n) is 8.24. The first-order chi connectivity index (χ1) is 6.07. The van der Waals surface area contributed by atoms with E-state index in [1.807, 2.05) is 0 Å². The van der Waals surface area contributed by atoms with Crippen molar-refractivity contribution in [3.63, 3.8) is 0 Å². The predicted molar refractivity (Wildman–Crippen MR) is 47.4 cm³/mol. The molecular formula is C9H15NO3. The fourth-order valence-electron chi connectivity index (χ4n) is 1.59. The quantitative estimate of drug-likeness (QED) is 0.660. The highest BCUT2D eigenvalue weighted by molar-refractivity contribution is 5.85. The summed E-state index contributed by atoms with van der Waals surface area (Å²) in [4.78, 5) is 23.8. The molecule has 4 nitrogen and oxygen atoms in total. The summed E-state index contributed by atoms with van der Waals surface area (Å²) in [5.74, 6) is 0.386. The molecule has 1 atom stereocenters. The highest BCUT2D eigenvalue weighted by Gasteiger charge is 2.38. The van der Waals surface area contributed by atoms with E-state index in [0.29, 0.717) is 5.92 Å². The number of methoxy groups -OCH3 is 1. The van der Waals surface area contributed by atoms with E-state index in [1.165, 1.54) is 18.9 Å². The fourth-order valence-corrected chi connectivity index (χ4v) is 1.59. The lowest BCUT2D eigenvalue weighted by molar-refractivity contribution is -0.121. The Bertz CT molecular complexity index is 223. The largest absolute Gasteiger partial charge is 0.453 e. The molecule has 0 aromatic carbocycles. The normalized spacial score (nSPS) is 17.8. The van der Waals surface area contributed by atoms with Gasteiger partial charge in [0.2, 0.25) is 0 Å². The average Bonchev–Trinajstić information content (AvgIpc) is 2.86. The Balaban J connectivity index is 2.63. The SMILES string of the molecule is COC(=O)N(C)C(C(C)=O)C1CC1. The molecule has 1 unspecified atom stereocenters. The minimum Gasteiger partial charge on any atom is -0.453 e. The van der Waals surface area contributed by atoms with Crippen molar-refractivity contribution < 1.29 is 14.3 Å². The Morgan fingerprint density at radius 1 is 1.46 bits per heavy atom. The van der Waals surface area contributed by atoms with Crippen LogP contribution < -0.4 is 0 Å². The third kappa shape index (κ3) is 2.20. The minimum absolute atomic E-state index is 0.0374. The molecule has 13 heavy (non-hydrogen) atoms. The van der Waals surface area contributed by atoms with Gasteiger partial charge in [-0.3, -0.25) is 4.79 Å². The monoisotopic (exact) mass is 185 g/mol. The maximum atomic E-state index is 11.2. The number of Topliss-reactive ketones (excluding diaryl/α,β-unsaturated/α-hetero) is 1. The molecule has 0 spiro atoms. The average molecular weight is 185 g/mol. The van der Waals surface area contributed by atoms with Crippen molar-refractivity contribution in [3.05, 3.63) is 0 Å². The van der Waals surface area contributed by atoms with Crippen LogP contribution in [0.4, 0.5) is 4.79 Å². The Hall–Kier alpha value is -1.06. The number of carbonyl (C=O) groups excluding carboxylic acids is 2. The summed E-state index contributed by atoms with van der Waals surface area (Å²) in [5.41, 5.74) is 0. The van der Waals surface area contributed by atoms with Crippen LogP contribution in [0.5, 0.6) is 0 Å². The molecule has 0 aliphatic heterocycles. The zero-order chi connectivity index (χ0) is 10.0. The summed E-state index contributed by atoms with van der Waals surface area (Å²) < 4.78 is 4.56. The predicted octanol–water partition coefficient (Wildman–Crippen LogP) is 1.05. The minimum atomic E-state index is -0.438. The second-order valence-electron chi connectivity index (χ2n) is 3.47. The van der Waals surface area contributed by atoms with Gasteiger partial charge in [0.25, 0.3) is 0 Å². The van der Waals surface area contributed by atoms with Gasteiger partial charge >= 0.3 is 6.09 Å². The molecule has 1 rings (SSSR count). The third-order valence-corrected chi connectivity index (χ3v) is 2.36. The van der Waals surface area contributed by atoms with Crippen LogP contribution >= 0.6 is 0 Å². The van der Waals surface area contributed by atoms with E-state index in [4.69, 9.17) is 0 Å². The van der Waals surface area contributed by atoms with Crippen LogP contribution in [-0.4, -0.2) is 37.0 Å². The number of ether oxygens (including phenoxy) is 1. The molecule has 0 heterocycles. The third-order valence-electron chi connectivity index (χ3n) is 2.36. The van der Waals surface area contributed by atoms with Crippen LogP contribution in [-0.2, 0) is 9.53 Å². The molecule has 0 aromatic heterocycles. The van der Waals surface area contributed by atoms with E-state index in [0.717, 1.165) is 12.8 Å². The Labute approximate surface area is 77.8 Å². The highest BCUT2D eigenvalue weighted by atomic mass is 16.5. The van der Waals surface area contributed by atoms with Crippen LogP contribution in [0.3, 0.4) is 0 Å². The Morgan fingerprint density at radius 3 is 2.31 bits per heavy atom. The van der Waals surface area contributed by atoms with E-state index in [9.17, 15) is 9.59 Å². The van der Waals surface area contributed by atoms with E-state index in [2.05, 4.69) is 4.74 Å². The summed E-state index contributed by atoms with van der Waals surface area (Å²) >= 11 is 0. The van der Waals surface area contributed by atoms with Crippen LogP contribution in [0.2, 0.25) is 0 Å². The van der Waals surface area contributed by atoms with Gasteiger partial charge in [-0.25, -0.2) is 4.79 Å². The molecule has 1 saturated carbocycles. The molecule has 0 aromatic rings. The molecule has 1 aliphatic rings. The summed E-state index contributed by atoms with van der Waals surface area (Å²) in [6, 6.07) is -0.285. The molecule has 0 radical (unpaired) electrons. The molecule has 1 fully saturated rings. The lowest BCUT2D eigenvalue weighted by Crippen LogP contribution is -2.42. The first kappa shape index (κ1) is 10.0. The summed E-state index contributed by atoms with van der Waals surface area (Å²) in [6.07, 6.45) is 1.63. The van der Waals surface area contributed by atoms with Gasteiger partial charge in [-0.1, -0.05) is 0 Å². The summed E-state index contributed by atoms with van der Waals surface area (Å²) in [6.45, 7) is 1.52. The van der Waals surface area contributed by atoms with Gasteiger partial charge in [0.15, 0.2) is 5.78 Å². The fraction of sp³-hybridized carbons (Fsp3) is 0.778. The molecule has 0 bridgehead atoms. The van der Waals surface area contributed by atoms with Crippen molar-refractivity contribution >= 4 is 11.9 Å². The van der Waals surface area contributed by atoms with Crippen LogP contribution in [0.25, 0.3) is 0 Å². The van der Waals surface area contributed by atoms with E-state index < -0.39 is 6.09 Å². The Kier molecular flexibility index (Phi) is 2.90. The first-order valence-corrected chi connectivity index (χ1v) is 4.39. The second-order valence-corrected chi connectivity index (χ2v) is 3.47. The van der Waals surface area contributed by atoms with Gasteiger partial charge < -0.3 is 9.64 Å². The number of ketones is 1. The summed E-state index contributed by atoms with van der Waals surface area (Å²) in [7, 11) is 2.93. The lowest BCUT2D eigenvalue weighted by atomic mass is 10.1. The van der Waals surface area contributed by atoms with Gasteiger partial charge in [-0.2, -0.15) is 0 Å². The maximum absolute atomic E-state index is 11.2. The van der Waals surface area contributed by atoms with Gasteiger partial charge in [0, 0.05) is 7.05 Å². The standard InChI is InChI=1S/C9H15NO3/c1-6(11)8(7-4-5-7)10(2)9(12)13-3/h7-8H,4-5H2,1-3H3. The number of hydrogen-bond donors (Lipinski definition) is 0. The van der Waals surface area contributed by atoms with Crippen molar-refractivity contribution in [2.45, 2.75) is 25.8 Å².